The van der Waals surface area contributed by atoms with Gasteiger partial charge in [-0.3, -0.25) is 4.79 Å². The molecule has 1 aliphatic rings. The average molecular weight is 186 g/mol. The molecule has 1 amide bonds. The highest BCUT2D eigenvalue weighted by molar-refractivity contribution is 5.81. The highest BCUT2D eigenvalue weighted by atomic mass is 16.3. The summed E-state index contributed by atoms with van der Waals surface area (Å²) < 4.78 is 0. The minimum atomic E-state index is -0.398. The monoisotopic (exact) mass is 186 g/mol. The summed E-state index contributed by atoms with van der Waals surface area (Å²) >= 11 is 0. The van der Waals surface area contributed by atoms with Gasteiger partial charge in [0.25, 0.3) is 0 Å². The fourth-order valence-corrected chi connectivity index (χ4v) is 1.62. The Balaban J connectivity index is 2.36. The molecule has 3 N–H and O–H groups in total. The highest BCUT2D eigenvalue weighted by Gasteiger charge is 2.23. The summed E-state index contributed by atoms with van der Waals surface area (Å²) in [5, 5.41) is 8.90. The van der Waals surface area contributed by atoms with E-state index in [0.717, 1.165) is 25.9 Å². The van der Waals surface area contributed by atoms with Crippen molar-refractivity contribution in [2.24, 2.45) is 11.7 Å². The van der Waals surface area contributed by atoms with Crippen molar-refractivity contribution in [2.45, 2.75) is 25.8 Å². The van der Waals surface area contributed by atoms with E-state index in [-0.39, 0.29) is 12.5 Å². The van der Waals surface area contributed by atoms with Gasteiger partial charge in [-0.2, -0.15) is 0 Å². The van der Waals surface area contributed by atoms with Gasteiger partial charge in [-0.1, -0.05) is 0 Å². The van der Waals surface area contributed by atoms with Crippen LogP contribution in [0.25, 0.3) is 0 Å². The topological polar surface area (TPSA) is 66.6 Å². The van der Waals surface area contributed by atoms with E-state index in [4.69, 9.17) is 10.8 Å². The maximum Gasteiger partial charge on any atom is 0.239 e. The van der Waals surface area contributed by atoms with E-state index in [2.05, 4.69) is 0 Å². The largest absolute Gasteiger partial charge is 0.396 e. The molecule has 1 fully saturated rings. The molecular formula is C9H18N2O2. The van der Waals surface area contributed by atoms with E-state index in [0.29, 0.717) is 5.92 Å². The first-order valence-corrected chi connectivity index (χ1v) is 4.80. The van der Waals surface area contributed by atoms with Crippen LogP contribution in [0.4, 0.5) is 0 Å². The van der Waals surface area contributed by atoms with Crippen molar-refractivity contribution in [3.8, 4) is 0 Å². The van der Waals surface area contributed by atoms with Crippen molar-refractivity contribution in [1.82, 2.24) is 4.90 Å². The summed E-state index contributed by atoms with van der Waals surface area (Å²) in [6, 6.07) is -0.398. The molecule has 0 radical (unpaired) electrons. The zero-order valence-electron chi connectivity index (χ0n) is 8.07. The van der Waals surface area contributed by atoms with Gasteiger partial charge in [0.1, 0.15) is 0 Å². The number of rotatable bonds is 2. The lowest BCUT2D eigenvalue weighted by Gasteiger charge is -2.32. The van der Waals surface area contributed by atoms with Crippen LogP contribution in [0.15, 0.2) is 0 Å². The number of piperidine rings is 1. The van der Waals surface area contributed by atoms with E-state index in [1.807, 2.05) is 0 Å². The molecule has 13 heavy (non-hydrogen) atoms. The molecule has 0 aromatic heterocycles. The van der Waals surface area contributed by atoms with Gasteiger partial charge in [0.05, 0.1) is 6.04 Å². The number of amides is 1. The van der Waals surface area contributed by atoms with E-state index in [9.17, 15) is 4.79 Å². The van der Waals surface area contributed by atoms with Crippen LogP contribution in [0.5, 0.6) is 0 Å². The molecule has 0 bridgehead atoms. The number of hydrogen-bond acceptors (Lipinski definition) is 3. The van der Waals surface area contributed by atoms with Gasteiger partial charge in [0.2, 0.25) is 5.91 Å². The SMILES string of the molecule is C[C@@H](N)C(=O)N1CCC(CO)CC1. The average Bonchev–Trinajstić information content (AvgIpc) is 2.17. The first-order valence-electron chi connectivity index (χ1n) is 4.80. The molecule has 4 heteroatoms. The number of carbonyl (C=O) groups is 1. The van der Waals surface area contributed by atoms with Crippen LogP contribution >= 0.6 is 0 Å². The van der Waals surface area contributed by atoms with Crippen LogP contribution in [0.2, 0.25) is 0 Å². The quantitative estimate of drug-likeness (QED) is 0.614. The van der Waals surface area contributed by atoms with Crippen molar-refractivity contribution < 1.29 is 9.90 Å². The van der Waals surface area contributed by atoms with Crippen LogP contribution in [-0.2, 0) is 4.79 Å². The van der Waals surface area contributed by atoms with Crippen LogP contribution < -0.4 is 5.73 Å². The summed E-state index contributed by atoms with van der Waals surface area (Å²) in [6.45, 7) is 3.43. The van der Waals surface area contributed by atoms with Crippen molar-refractivity contribution in [2.75, 3.05) is 19.7 Å². The minimum absolute atomic E-state index is 0.0244. The molecule has 1 rings (SSSR count). The second-order valence-corrected chi connectivity index (χ2v) is 3.74. The first-order chi connectivity index (χ1) is 6.15. The summed E-state index contributed by atoms with van der Waals surface area (Å²) in [7, 11) is 0. The van der Waals surface area contributed by atoms with Crippen molar-refractivity contribution >= 4 is 5.91 Å². The Morgan fingerprint density at radius 2 is 2.15 bits per heavy atom. The molecular weight excluding hydrogens is 168 g/mol. The number of carbonyl (C=O) groups excluding carboxylic acids is 1. The Morgan fingerprint density at radius 1 is 1.62 bits per heavy atom. The number of likely N-dealkylation sites (tertiary alicyclic amines) is 1. The lowest BCUT2D eigenvalue weighted by Crippen LogP contribution is -2.46. The lowest BCUT2D eigenvalue weighted by atomic mass is 9.97. The Morgan fingerprint density at radius 3 is 2.54 bits per heavy atom. The summed E-state index contributed by atoms with van der Waals surface area (Å²) in [6.07, 6.45) is 1.80. The van der Waals surface area contributed by atoms with Crippen LogP contribution in [0, 0.1) is 5.92 Å². The van der Waals surface area contributed by atoms with E-state index >= 15 is 0 Å². The normalized spacial score (nSPS) is 21.6. The van der Waals surface area contributed by atoms with Crippen LogP contribution in [0.1, 0.15) is 19.8 Å². The van der Waals surface area contributed by atoms with Gasteiger partial charge in [-0.15, -0.1) is 0 Å². The first kappa shape index (κ1) is 10.5. The molecule has 1 saturated heterocycles. The summed E-state index contributed by atoms with van der Waals surface area (Å²) in [4.78, 5) is 13.2. The molecule has 1 atom stereocenters. The number of aliphatic hydroxyl groups excluding tert-OH is 1. The molecule has 0 aromatic rings. The van der Waals surface area contributed by atoms with Crippen LogP contribution in [-0.4, -0.2) is 41.7 Å². The van der Waals surface area contributed by atoms with Gasteiger partial charge in [-0.25, -0.2) is 0 Å². The maximum atomic E-state index is 11.4. The number of aliphatic hydroxyl groups is 1. The summed E-state index contributed by atoms with van der Waals surface area (Å²) in [5.41, 5.74) is 5.49. The smallest absolute Gasteiger partial charge is 0.239 e. The molecule has 4 nitrogen and oxygen atoms in total. The fraction of sp³-hybridized carbons (Fsp3) is 0.889. The van der Waals surface area contributed by atoms with E-state index < -0.39 is 6.04 Å². The van der Waals surface area contributed by atoms with Gasteiger partial charge in [0.15, 0.2) is 0 Å². The molecule has 0 saturated carbocycles. The molecule has 0 aromatic carbocycles. The Hall–Kier alpha value is -0.610. The summed E-state index contributed by atoms with van der Waals surface area (Å²) in [5.74, 6) is 0.397. The Kier molecular flexibility index (Phi) is 3.69. The van der Waals surface area contributed by atoms with Crippen molar-refractivity contribution in [1.29, 1.82) is 0 Å². The Bertz CT molecular complexity index is 174. The van der Waals surface area contributed by atoms with Crippen LogP contribution in [0.3, 0.4) is 0 Å². The van der Waals surface area contributed by atoms with Gasteiger partial charge >= 0.3 is 0 Å². The zero-order valence-corrected chi connectivity index (χ0v) is 8.07. The maximum absolute atomic E-state index is 11.4. The molecule has 1 aliphatic heterocycles. The standard InChI is InChI=1S/C9H18N2O2/c1-7(10)9(13)11-4-2-8(6-12)3-5-11/h7-8,12H,2-6,10H2,1H3/t7-/m1/s1. The molecule has 1 heterocycles. The molecule has 76 valence electrons. The molecule has 0 unspecified atom stereocenters. The number of nitrogens with zero attached hydrogens (tertiary/aromatic N) is 1. The zero-order chi connectivity index (χ0) is 9.84. The van der Waals surface area contributed by atoms with Crippen molar-refractivity contribution in [3.63, 3.8) is 0 Å². The highest BCUT2D eigenvalue weighted by Crippen LogP contribution is 2.16. The van der Waals surface area contributed by atoms with Crippen molar-refractivity contribution in [3.05, 3.63) is 0 Å². The number of hydrogen-bond donors (Lipinski definition) is 2. The second-order valence-electron chi connectivity index (χ2n) is 3.74. The third kappa shape index (κ3) is 2.67. The predicted molar refractivity (Wildman–Crippen MR) is 50.0 cm³/mol. The molecule has 0 aliphatic carbocycles. The second kappa shape index (κ2) is 4.58. The third-order valence-corrected chi connectivity index (χ3v) is 2.57. The van der Waals surface area contributed by atoms with Gasteiger partial charge in [0, 0.05) is 19.7 Å². The molecule has 0 spiro atoms. The van der Waals surface area contributed by atoms with Gasteiger partial charge < -0.3 is 15.7 Å². The van der Waals surface area contributed by atoms with E-state index in [1.165, 1.54) is 0 Å². The van der Waals surface area contributed by atoms with E-state index in [1.54, 1.807) is 11.8 Å². The minimum Gasteiger partial charge on any atom is -0.396 e. The Labute approximate surface area is 78.7 Å². The predicted octanol–water partition coefficient (Wildman–Crippen LogP) is -0.435. The fourth-order valence-electron chi connectivity index (χ4n) is 1.62. The van der Waals surface area contributed by atoms with Gasteiger partial charge in [-0.05, 0) is 25.7 Å². The third-order valence-electron chi connectivity index (χ3n) is 2.57. The number of nitrogens with two attached hydrogens (primary N) is 1. The lowest BCUT2D eigenvalue weighted by molar-refractivity contribution is -0.133.